The first-order valence-electron chi connectivity index (χ1n) is 9.24. The summed E-state index contributed by atoms with van der Waals surface area (Å²) in [4.78, 5) is 15.2. The van der Waals surface area contributed by atoms with Crippen LogP contribution in [0.4, 0.5) is 5.82 Å². The lowest BCUT2D eigenvalue weighted by molar-refractivity contribution is -0.0659. The van der Waals surface area contributed by atoms with Crippen molar-refractivity contribution in [1.82, 2.24) is 29.7 Å². The van der Waals surface area contributed by atoms with E-state index in [9.17, 15) is 0 Å². The Balaban J connectivity index is 1.21. The highest BCUT2D eigenvalue weighted by Crippen LogP contribution is 2.38. The summed E-state index contributed by atoms with van der Waals surface area (Å²) in [6.45, 7) is 5.81. The first-order valence-corrected chi connectivity index (χ1v) is 9.24. The molecule has 0 radical (unpaired) electrons. The van der Waals surface area contributed by atoms with Crippen LogP contribution in [0.3, 0.4) is 0 Å². The molecular weight excluding hydrogens is 318 g/mol. The first-order chi connectivity index (χ1) is 12.2. The Morgan fingerprint density at radius 3 is 3.04 bits per heavy atom. The van der Waals surface area contributed by atoms with E-state index in [0.29, 0.717) is 16.7 Å². The van der Waals surface area contributed by atoms with Gasteiger partial charge in [0.15, 0.2) is 11.5 Å². The molecule has 8 heteroatoms. The second kappa shape index (κ2) is 5.89. The standard InChI is InChI=1S/C17H25N7O/c18-15-14-16(21-10-20-15)24(11-22-14)13-3-2-12(25-13)6-23-8-17(9-23)4-1-5-19-7-17/h10-13,19H,1-9H2,(H2,18,20,21)/t12-,13+/m0/s1. The van der Waals surface area contributed by atoms with Crippen molar-refractivity contribution in [2.24, 2.45) is 5.41 Å². The maximum Gasteiger partial charge on any atom is 0.167 e. The third-order valence-corrected chi connectivity index (χ3v) is 5.92. The number of hydrogen-bond acceptors (Lipinski definition) is 7. The lowest BCUT2D eigenvalue weighted by Crippen LogP contribution is -2.63. The molecule has 8 nitrogen and oxygen atoms in total. The van der Waals surface area contributed by atoms with Crippen LogP contribution in [0, 0.1) is 5.41 Å². The minimum absolute atomic E-state index is 0.00381. The topological polar surface area (TPSA) is 94.1 Å². The Kier molecular flexibility index (Phi) is 3.65. The van der Waals surface area contributed by atoms with Crippen molar-refractivity contribution in [2.75, 3.05) is 38.5 Å². The number of likely N-dealkylation sites (tertiary alicyclic amines) is 1. The number of nitrogens with two attached hydrogens (primary N) is 1. The van der Waals surface area contributed by atoms with Gasteiger partial charge in [0.05, 0.1) is 12.4 Å². The zero-order valence-corrected chi connectivity index (χ0v) is 14.4. The van der Waals surface area contributed by atoms with Gasteiger partial charge in [-0.25, -0.2) is 15.0 Å². The number of imidazole rings is 1. The van der Waals surface area contributed by atoms with Crippen molar-refractivity contribution in [3.05, 3.63) is 12.7 Å². The van der Waals surface area contributed by atoms with Crippen molar-refractivity contribution in [2.45, 2.75) is 38.0 Å². The quantitative estimate of drug-likeness (QED) is 0.850. The Hall–Kier alpha value is -1.77. The average molecular weight is 343 g/mol. The molecule has 3 N–H and O–H groups in total. The minimum atomic E-state index is -0.00381. The lowest BCUT2D eigenvalue weighted by Gasteiger charge is -2.53. The first kappa shape index (κ1) is 15.5. The lowest BCUT2D eigenvalue weighted by atomic mass is 9.74. The number of nitrogen functional groups attached to an aromatic ring is 1. The zero-order chi connectivity index (χ0) is 16.9. The highest BCUT2D eigenvalue weighted by Gasteiger charge is 2.44. The summed E-state index contributed by atoms with van der Waals surface area (Å²) < 4.78 is 8.30. The Bertz CT molecular complexity index is 761. The van der Waals surface area contributed by atoms with Crippen LogP contribution in [0.1, 0.15) is 31.9 Å². The van der Waals surface area contributed by atoms with Gasteiger partial charge in [-0.1, -0.05) is 0 Å². The molecule has 0 aliphatic carbocycles. The van der Waals surface area contributed by atoms with Gasteiger partial charge in [-0.05, 0) is 32.2 Å². The second-order valence-corrected chi connectivity index (χ2v) is 7.82. The molecule has 3 saturated heterocycles. The molecule has 1 spiro atoms. The minimum Gasteiger partial charge on any atom is -0.382 e. The summed E-state index contributed by atoms with van der Waals surface area (Å²) in [5.41, 5.74) is 7.82. The SMILES string of the molecule is Nc1ncnc2c1ncn2[C@H]1CC[C@@H](CN2CC3(CCCNC3)C2)O1. The molecule has 0 unspecified atom stereocenters. The van der Waals surface area contributed by atoms with Gasteiger partial charge in [0.2, 0.25) is 0 Å². The third-order valence-electron chi connectivity index (χ3n) is 5.92. The fourth-order valence-electron chi connectivity index (χ4n) is 4.73. The predicted molar refractivity (Wildman–Crippen MR) is 93.9 cm³/mol. The smallest absolute Gasteiger partial charge is 0.167 e. The van der Waals surface area contributed by atoms with Gasteiger partial charge >= 0.3 is 0 Å². The predicted octanol–water partition coefficient (Wildman–Crippen LogP) is 0.771. The van der Waals surface area contributed by atoms with E-state index < -0.39 is 0 Å². The maximum atomic E-state index is 6.30. The number of rotatable bonds is 3. The van der Waals surface area contributed by atoms with E-state index in [1.165, 1.54) is 45.3 Å². The number of ether oxygens (including phenoxy) is 1. The monoisotopic (exact) mass is 343 g/mol. The normalized spacial score (nSPS) is 29.3. The number of anilines is 1. The molecular formula is C17H25N7O. The summed E-state index contributed by atoms with van der Waals surface area (Å²) >= 11 is 0. The number of nitrogens with one attached hydrogen (secondary N) is 1. The Morgan fingerprint density at radius 1 is 1.28 bits per heavy atom. The summed E-state index contributed by atoms with van der Waals surface area (Å²) in [6, 6.07) is 0. The number of aromatic nitrogens is 4. The van der Waals surface area contributed by atoms with Crippen molar-refractivity contribution in [1.29, 1.82) is 0 Å². The molecule has 0 amide bonds. The van der Waals surface area contributed by atoms with Crippen molar-refractivity contribution >= 4 is 17.0 Å². The Labute approximate surface area is 146 Å². The Morgan fingerprint density at radius 2 is 2.20 bits per heavy atom. The summed E-state index contributed by atoms with van der Waals surface area (Å²) in [6.07, 6.45) is 8.29. The van der Waals surface area contributed by atoms with Crippen LogP contribution in [0.2, 0.25) is 0 Å². The average Bonchev–Trinajstić information content (AvgIpc) is 3.22. The van der Waals surface area contributed by atoms with Crippen LogP contribution < -0.4 is 11.1 Å². The van der Waals surface area contributed by atoms with E-state index in [0.717, 1.165) is 25.0 Å². The molecule has 134 valence electrons. The van der Waals surface area contributed by atoms with Gasteiger partial charge in [-0.3, -0.25) is 9.47 Å². The summed E-state index contributed by atoms with van der Waals surface area (Å²) in [5.74, 6) is 0.422. The molecule has 2 aromatic rings. The largest absolute Gasteiger partial charge is 0.382 e. The molecule has 3 fully saturated rings. The van der Waals surface area contributed by atoms with E-state index in [1.54, 1.807) is 6.33 Å². The molecule has 5 rings (SSSR count). The highest BCUT2D eigenvalue weighted by molar-refractivity contribution is 5.81. The van der Waals surface area contributed by atoms with Crippen LogP contribution in [0.25, 0.3) is 11.2 Å². The second-order valence-electron chi connectivity index (χ2n) is 7.82. The van der Waals surface area contributed by atoms with Gasteiger partial charge in [0, 0.05) is 31.6 Å². The molecule has 2 aromatic heterocycles. The third kappa shape index (κ3) is 2.68. The molecule has 0 aromatic carbocycles. The van der Waals surface area contributed by atoms with Crippen molar-refractivity contribution in [3.8, 4) is 0 Å². The van der Waals surface area contributed by atoms with Crippen LogP contribution >= 0.6 is 0 Å². The molecule has 0 bridgehead atoms. The van der Waals surface area contributed by atoms with E-state index in [-0.39, 0.29) is 12.3 Å². The van der Waals surface area contributed by atoms with Crippen LogP contribution in [0.5, 0.6) is 0 Å². The fraction of sp³-hybridized carbons (Fsp3) is 0.706. The van der Waals surface area contributed by atoms with E-state index in [2.05, 4.69) is 25.2 Å². The van der Waals surface area contributed by atoms with E-state index in [1.807, 2.05) is 4.57 Å². The van der Waals surface area contributed by atoms with Gasteiger partial charge in [0.25, 0.3) is 0 Å². The number of hydrogen-bond donors (Lipinski definition) is 2. The van der Waals surface area contributed by atoms with E-state index in [4.69, 9.17) is 10.5 Å². The van der Waals surface area contributed by atoms with Gasteiger partial charge < -0.3 is 15.8 Å². The highest BCUT2D eigenvalue weighted by atomic mass is 16.5. The zero-order valence-electron chi connectivity index (χ0n) is 14.4. The summed E-state index contributed by atoms with van der Waals surface area (Å²) in [7, 11) is 0. The summed E-state index contributed by atoms with van der Waals surface area (Å²) in [5, 5.41) is 3.55. The molecule has 2 atom stereocenters. The number of nitrogens with zero attached hydrogens (tertiary/aromatic N) is 5. The fourth-order valence-corrected chi connectivity index (χ4v) is 4.73. The van der Waals surface area contributed by atoms with Gasteiger partial charge in [-0.2, -0.15) is 0 Å². The van der Waals surface area contributed by atoms with Crippen LogP contribution in [-0.2, 0) is 4.74 Å². The van der Waals surface area contributed by atoms with Crippen molar-refractivity contribution in [3.63, 3.8) is 0 Å². The molecule has 25 heavy (non-hydrogen) atoms. The molecule has 3 aliphatic rings. The molecule has 5 heterocycles. The van der Waals surface area contributed by atoms with Crippen LogP contribution in [-0.4, -0.2) is 63.2 Å². The maximum absolute atomic E-state index is 6.30. The number of fused-ring (bicyclic) bond motifs is 1. The van der Waals surface area contributed by atoms with Gasteiger partial charge in [0.1, 0.15) is 18.1 Å². The van der Waals surface area contributed by atoms with Gasteiger partial charge in [-0.15, -0.1) is 0 Å². The number of piperidine rings is 1. The van der Waals surface area contributed by atoms with Crippen LogP contribution in [0.15, 0.2) is 12.7 Å². The molecule has 0 saturated carbocycles. The molecule has 3 aliphatic heterocycles. The van der Waals surface area contributed by atoms with Crippen molar-refractivity contribution < 1.29 is 4.74 Å². The van der Waals surface area contributed by atoms with E-state index >= 15 is 0 Å².